The van der Waals surface area contributed by atoms with E-state index in [1.54, 1.807) is 0 Å². The molecule has 0 aromatic carbocycles. The third kappa shape index (κ3) is 3.23. The van der Waals surface area contributed by atoms with Crippen molar-refractivity contribution in [3.8, 4) is 0 Å². The number of nitrogens with zero attached hydrogens (tertiary/aromatic N) is 1. The molecule has 1 aliphatic heterocycles. The molecule has 0 bridgehead atoms. The van der Waals surface area contributed by atoms with Gasteiger partial charge in [-0.2, -0.15) is 0 Å². The van der Waals surface area contributed by atoms with Crippen LogP contribution in [0, 0.1) is 11.8 Å². The van der Waals surface area contributed by atoms with Crippen LogP contribution >= 0.6 is 0 Å². The Kier molecular flexibility index (Phi) is 4.65. The van der Waals surface area contributed by atoms with Crippen LogP contribution in [-0.4, -0.2) is 24.0 Å². The summed E-state index contributed by atoms with van der Waals surface area (Å²) in [6, 6.07) is 0.687. The first-order valence-electron chi connectivity index (χ1n) is 6.24. The molecular formula is C13H26N2. The van der Waals surface area contributed by atoms with Crippen LogP contribution in [0.5, 0.6) is 0 Å². The summed E-state index contributed by atoms with van der Waals surface area (Å²) in [6.45, 7) is 13.2. The maximum absolute atomic E-state index is 5.86. The molecule has 0 spiro atoms. The Labute approximate surface area is 94.5 Å². The van der Waals surface area contributed by atoms with Gasteiger partial charge in [-0.05, 0) is 52.1 Å². The van der Waals surface area contributed by atoms with Crippen LogP contribution in [0.2, 0.25) is 0 Å². The standard InChI is InChI=1S/C13H26N2/c1-5-13(11(4)14)12-6-8-15(9-7-12)10(2)3/h10,12-13H,4-9,14H2,1-3H3. The highest BCUT2D eigenvalue weighted by molar-refractivity contribution is 4.98. The van der Waals surface area contributed by atoms with Gasteiger partial charge in [0.05, 0.1) is 0 Å². The zero-order valence-electron chi connectivity index (χ0n) is 10.5. The van der Waals surface area contributed by atoms with Gasteiger partial charge in [-0.1, -0.05) is 13.5 Å². The molecule has 1 aliphatic rings. The fraction of sp³-hybridized carbons (Fsp3) is 0.846. The second kappa shape index (κ2) is 5.55. The Morgan fingerprint density at radius 3 is 2.27 bits per heavy atom. The van der Waals surface area contributed by atoms with E-state index in [-0.39, 0.29) is 0 Å². The van der Waals surface area contributed by atoms with E-state index in [9.17, 15) is 0 Å². The van der Waals surface area contributed by atoms with Gasteiger partial charge in [0.15, 0.2) is 0 Å². The molecule has 15 heavy (non-hydrogen) atoms. The third-order valence-electron chi connectivity index (χ3n) is 3.79. The first-order chi connectivity index (χ1) is 7.06. The van der Waals surface area contributed by atoms with Crippen molar-refractivity contribution in [1.82, 2.24) is 4.90 Å². The molecule has 0 saturated carbocycles. The molecule has 88 valence electrons. The zero-order valence-corrected chi connectivity index (χ0v) is 10.5. The number of allylic oxidation sites excluding steroid dienone is 1. The first-order valence-corrected chi connectivity index (χ1v) is 6.24. The van der Waals surface area contributed by atoms with Gasteiger partial charge < -0.3 is 10.6 Å². The Bertz CT molecular complexity index is 203. The summed E-state index contributed by atoms with van der Waals surface area (Å²) in [6.07, 6.45) is 3.71. The molecule has 0 aromatic heterocycles. The number of likely N-dealkylation sites (tertiary alicyclic amines) is 1. The molecule has 1 heterocycles. The minimum absolute atomic E-state index is 0.541. The van der Waals surface area contributed by atoms with E-state index >= 15 is 0 Å². The van der Waals surface area contributed by atoms with Crippen LogP contribution in [0.15, 0.2) is 12.3 Å². The Hall–Kier alpha value is -0.500. The highest BCUT2D eigenvalue weighted by Crippen LogP contribution is 2.30. The van der Waals surface area contributed by atoms with Crippen molar-refractivity contribution < 1.29 is 0 Å². The summed E-state index contributed by atoms with van der Waals surface area (Å²) < 4.78 is 0. The van der Waals surface area contributed by atoms with E-state index in [0.29, 0.717) is 12.0 Å². The van der Waals surface area contributed by atoms with Gasteiger partial charge in [-0.15, -0.1) is 0 Å². The highest BCUT2D eigenvalue weighted by Gasteiger charge is 2.26. The van der Waals surface area contributed by atoms with E-state index < -0.39 is 0 Å². The molecule has 2 N–H and O–H groups in total. The van der Waals surface area contributed by atoms with Gasteiger partial charge in [0.2, 0.25) is 0 Å². The minimum Gasteiger partial charge on any atom is -0.402 e. The smallest absolute Gasteiger partial charge is 0.00417 e. The van der Waals surface area contributed by atoms with E-state index in [2.05, 4.69) is 32.3 Å². The lowest BCUT2D eigenvalue weighted by molar-refractivity contribution is 0.127. The predicted molar refractivity (Wildman–Crippen MR) is 66.5 cm³/mol. The van der Waals surface area contributed by atoms with E-state index in [0.717, 1.165) is 18.0 Å². The third-order valence-corrected chi connectivity index (χ3v) is 3.79. The Balaban J connectivity index is 2.45. The van der Waals surface area contributed by atoms with Crippen molar-refractivity contribution in [1.29, 1.82) is 0 Å². The molecule has 2 nitrogen and oxygen atoms in total. The fourth-order valence-electron chi connectivity index (χ4n) is 2.74. The lowest BCUT2D eigenvalue weighted by atomic mass is 9.81. The largest absolute Gasteiger partial charge is 0.402 e. The van der Waals surface area contributed by atoms with Crippen LogP contribution in [0.25, 0.3) is 0 Å². The van der Waals surface area contributed by atoms with Gasteiger partial charge >= 0.3 is 0 Å². The molecule has 1 atom stereocenters. The molecule has 0 aliphatic carbocycles. The van der Waals surface area contributed by atoms with Crippen molar-refractivity contribution in [2.45, 2.75) is 46.1 Å². The summed E-state index contributed by atoms with van der Waals surface area (Å²) in [5.41, 5.74) is 6.75. The first kappa shape index (κ1) is 12.6. The molecule has 0 radical (unpaired) electrons. The maximum atomic E-state index is 5.86. The molecule has 1 saturated heterocycles. The van der Waals surface area contributed by atoms with Crippen molar-refractivity contribution in [2.24, 2.45) is 17.6 Å². The summed E-state index contributed by atoms with van der Waals surface area (Å²) >= 11 is 0. The number of nitrogens with two attached hydrogens (primary N) is 1. The van der Waals surface area contributed by atoms with Crippen LogP contribution in [0.1, 0.15) is 40.0 Å². The van der Waals surface area contributed by atoms with E-state index in [1.165, 1.54) is 25.9 Å². The van der Waals surface area contributed by atoms with Gasteiger partial charge in [0, 0.05) is 17.7 Å². The predicted octanol–water partition coefficient (Wildman–Crippen LogP) is 2.61. The van der Waals surface area contributed by atoms with Crippen molar-refractivity contribution in [3.05, 3.63) is 12.3 Å². The molecule has 1 fully saturated rings. The zero-order chi connectivity index (χ0) is 11.4. The fourth-order valence-corrected chi connectivity index (χ4v) is 2.74. The quantitative estimate of drug-likeness (QED) is 0.773. The highest BCUT2D eigenvalue weighted by atomic mass is 15.1. The topological polar surface area (TPSA) is 29.3 Å². The van der Waals surface area contributed by atoms with E-state index in [1.807, 2.05) is 0 Å². The SMILES string of the molecule is C=C(N)C(CC)C1CCN(C(C)C)CC1. The lowest BCUT2D eigenvalue weighted by Crippen LogP contribution is -2.40. The number of piperidine rings is 1. The van der Waals surface area contributed by atoms with Gasteiger partial charge in [0.25, 0.3) is 0 Å². The van der Waals surface area contributed by atoms with Gasteiger partial charge in [-0.3, -0.25) is 0 Å². The summed E-state index contributed by atoms with van der Waals surface area (Å²) in [5, 5.41) is 0. The number of hydrogen-bond acceptors (Lipinski definition) is 2. The maximum Gasteiger partial charge on any atom is 0.00417 e. The lowest BCUT2D eigenvalue weighted by Gasteiger charge is -2.37. The summed E-state index contributed by atoms with van der Waals surface area (Å²) in [7, 11) is 0. The average Bonchev–Trinajstić information content (AvgIpc) is 2.19. The molecule has 0 amide bonds. The Morgan fingerprint density at radius 1 is 1.40 bits per heavy atom. The second-order valence-corrected chi connectivity index (χ2v) is 5.06. The van der Waals surface area contributed by atoms with Crippen molar-refractivity contribution >= 4 is 0 Å². The normalized spacial score (nSPS) is 21.9. The number of rotatable bonds is 4. The van der Waals surface area contributed by atoms with Crippen LogP contribution < -0.4 is 5.73 Å². The molecular weight excluding hydrogens is 184 g/mol. The minimum atomic E-state index is 0.541. The average molecular weight is 210 g/mol. The monoisotopic (exact) mass is 210 g/mol. The van der Waals surface area contributed by atoms with Crippen LogP contribution in [0.3, 0.4) is 0 Å². The van der Waals surface area contributed by atoms with Gasteiger partial charge in [-0.25, -0.2) is 0 Å². The molecule has 2 heteroatoms. The van der Waals surface area contributed by atoms with Crippen LogP contribution in [-0.2, 0) is 0 Å². The summed E-state index contributed by atoms with van der Waals surface area (Å²) in [4.78, 5) is 2.56. The second-order valence-electron chi connectivity index (χ2n) is 5.06. The van der Waals surface area contributed by atoms with Crippen molar-refractivity contribution in [3.63, 3.8) is 0 Å². The molecule has 1 rings (SSSR count). The Morgan fingerprint density at radius 2 is 1.93 bits per heavy atom. The van der Waals surface area contributed by atoms with E-state index in [4.69, 9.17) is 5.73 Å². The van der Waals surface area contributed by atoms with Crippen molar-refractivity contribution in [2.75, 3.05) is 13.1 Å². The molecule has 0 aromatic rings. The van der Waals surface area contributed by atoms with Crippen LogP contribution in [0.4, 0.5) is 0 Å². The van der Waals surface area contributed by atoms with Gasteiger partial charge in [0.1, 0.15) is 0 Å². The summed E-state index contributed by atoms with van der Waals surface area (Å²) in [5.74, 6) is 1.31. The number of hydrogen-bond donors (Lipinski definition) is 1. The molecule has 1 unspecified atom stereocenters.